The molecule has 98 valence electrons. The molecule has 6 heteroatoms. The number of benzene rings is 1. The molecule has 0 aliphatic heterocycles. The van der Waals surface area contributed by atoms with Crippen LogP contribution >= 0.6 is 0 Å². The van der Waals surface area contributed by atoms with Crippen LogP contribution in [0.4, 0.5) is 13.2 Å². The minimum atomic E-state index is -4.68. The smallest absolute Gasteiger partial charge is 0.388 e. The summed E-state index contributed by atoms with van der Waals surface area (Å²) < 4.78 is 35.9. The minimum absolute atomic E-state index is 0. The first-order valence-electron chi connectivity index (χ1n) is 4.39. The van der Waals surface area contributed by atoms with E-state index in [0.29, 0.717) is 5.56 Å². The first-order valence-corrected chi connectivity index (χ1v) is 4.39. The molecule has 0 saturated carbocycles. The molecule has 2 N–H and O–H groups in total. The number of alkyl halides is 3. The number of rotatable bonds is 3. The van der Waals surface area contributed by atoms with Gasteiger partial charge in [0.05, 0.1) is 6.10 Å². The van der Waals surface area contributed by atoms with Crippen LogP contribution in [0.25, 0.3) is 0 Å². The molecule has 0 spiro atoms. The van der Waals surface area contributed by atoms with Crippen molar-refractivity contribution in [2.24, 2.45) is 0 Å². The second-order valence-electron chi connectivity index (χ2n) is 3.22. The van der Waals surface area contributed by atoms with E-state index >= 15 is 0 Å². The van der Waals surface area contributed by atoms with Crippen LogP contribution in [0.1, 0.15) is 18.1 Å². The Morgan fingerprint density at radius 2 is 1.56 bits per heavy atom. The van der Waals surface area contributed by atoms with Crippen molar-refractivity contribution < 1.29 is 70.3 Å². The summed E-state index contributed by atoms with van der Waals surface area (Å²) in [6.45, 7) is 0. The van der Waals surface area contributed by atoms with E-state index in [4.69, 9.17) is 5.11 Å². The molecule has 2 unspecified atom stereocenters. The monoisotopic (exact) mass is 394 g/mol. The zero-order valence-electron chi connectivity index (χ0n) is 8.04. The molecule has 1 rings (SSSR count). The maximum absolute atomic E-state index is 12.0. The van der Waals surface area contributed by atoms with Gasteiger partial charge in [-0.25, -0.2) is 0 Å². The van der Waals surface area contributed by atoms with Gasteiger partial charge in [0.2, 0.25) is 0 Å². The fraction of sp³-hybridized carbons (Fsp3) is 0.400. The van der Waals surface area contributed by atoms with Crippen molar-refractivity contribution in [1.82, 2.24) is 0 Å². The third kappa shape index (κ3) is 5.19. The van der Waals surface area contributed by atoms with Crippen molar-refractivity contribution in [1.29, 1.82) is 0 Å². The van der Waals surface area contributed by atoms with Gasteiger partial charge in [0.15, 0.2) is 6.10 Å². The number of aliphatic hydroxyl groups excluding tert-OH is 2. The van der Waals surface area contributed by atoms with E-state index in [-0.39, 0.29) is 46.9 Å². The molecule has 0 heterocycles. The molecule has 0 radical (unpaired) electrons. The Labute approximate surface area is 130 Å². The fourth-order valence-electron chi connectivity index (χ4n) is 1.16. The van der Waals surface area contributed by atoms with Crippen LogP contribution in [0.2, 0.25) is 0 Å². The van der Waals surface area contributed by atoms with Crippen LogP contribution in [-0.2, 0) is 0 Å². The average Bonchev–Trinajstić information content (AvgIpc) is 2.17. The van der Waals surface area contributed by atoms with Crippen LogP contribution in [0.15, 0.2) is 30.3 Å². The molecule has 0 amide bonds. The Morgan fingerprint density at radius 3 is 2.00 bits per heavy atom. The molecule has 16 heavy (non-hydrogen) atoms. The number of aliphatic hydroxyl groups is 2. The fourth-order valence-corrected chi connectivity index (χ4v) is 1.16. The predicted molar refractivity (Wildman–Crippen MR) is 48.1 cm³/mol. The van der Waals surface area contributed by atoms with Gasteiger partial charge in [0.25, 0.3) is 0 Å². The molecular formula is C10H11F3O2Yb. The molecule has 0 bridgehead atoms. The van der Waals surface area contributed by atoms with Crippen molar-refractivity contribution in [2.45, 2.75) is 24.8 Å². The van der Waals surface area contributed by atoms with Gasteiger partial charge in [0.1, 0.15) is 0 Å². The van der Waals surface area contributed by atoms with Crippen LogP contribution in [-0.4, -0.2) is 22.5 Å². The third-order valence-electron chi connectivity index (χ3n) is 2.01. The molecular weight excluding hydrogens is 382 g/mol. The summed E-state index contributed by atoms with van der Waals surface area (Å²) in [5.74, 6) is 0. The van der Waals surface area contributed by atoms with Crippen LogP contribution in [0, 0.1) is 46.9 Å². The maximum Gasteiger partial charge on any atom is 0.414 e. The van der Waals surface area contributed by atoms with Gasteiger partial charge in [-0.2, -0.15) is 13.2 Å². The van der Waals surface area contributed by atoms with Gasteiger partial charge >= 0.3 is 6.18 Å². The molecule has 1 aromatic carbocycles. The van der Waals surface area contributed by atoms with Gasteiger partial charge in [-0.05, 0) is 5.56 Å². The molecule has 0 fully saturated rings. The van der Waals surface area contributed by atoms with Gasteiger partial charge in [0, 0.05) is 53.3 Å². The van der Waals surface area contributed by atoms with Crippen LogP contribution in [0.5, 0.6) is 0 Å². The van der Waals surface area contributed by atoms with Crippen LogP contribution in [0.3, 0.4) is 0 Å². The zero-order chi connectivity index (χ0) is 11.5. The van der Waals surface area contributed by atoms with E-state index in [2.05, 4.69) is 0 Å². The summed E-state index contributed by atoms with van der Waals surface area (Å²) in [7, 11) is 0. The number of halogens is 3. The largest absolute Gasteiger partial charge is 0.414 e. The van der Waals surface area contributed by atoms with Crippen LogP contribution < -0.4 is 0 Å². The molecule has 2 nitrogen and oxygen atoms in total. The van der Waals surface area contributed by atoms with E-state index < -0.39 is 24.8 Å². The molecule has 2 atom stereocenters. The second kappa shape index (κ2) is 7.01. The van der Waals surface area contributed by atoms with Gasteiger partial charge in [-0.3, -0.25) is 0 Å². The standard InChI is InChI=1S/C10H11F3O2.Yb/c11-10(12,13)9(15)6-8(14)7-4-2-1-3-5-7;/h1-5,8-9,14-15H,6H2;. The van der Waals surface area contributed by atoms with Gasteiger partial charge in [-0.1, -0.05) is 30.3 Å². The minimum Gasteiger partial charge on any atom is -0.388 e. The third-order valence-corrected chi connectivity index (χ3v) is 2.01. The summed E-state index contributed by atoms with van der Waals surface area (Å²) in [6, 6.07) is 7.93. The first kappa shape index (κ1) is 16.4. The Bertz CT molecular complexity index is 303. The van der Waals surface area contributed by atoms with Crippen molar-refractivity contribution in [2.75, 3.05) is 0 Å². The second-order valence-corrected chi connectivity index (χ2v) is 3.22. The molecule has 0 saturated heterocycles. The summed E-state index contributed by atoms with van der Waals surface area (Å²) >= 11 is 0. The Hall–Kier alpha value is 0.449. The summed E-state index contributed by atoms with van der Waals surface area (Å²) in [5.41, 5.74) is 0.362. The van der Waals surface area contributed by atoms with Crippen molar-refractivity contribution in [3.05, 3.63) is 35.9 Å². The summed E-state index contributed by atoms with van der Waals surface area (Å²) in [4.78, 5) is 0. The topological polar surface area (TPSA) is 40.5 Å². The predicted octanol–water partition coefficient (Wildman–Crippen LogP) is 2.03. The summed E-state index contributed by atoms with van der Waals surface area (Å²) in [6.07, 6.45) is -9.22. The van der Waals surface area contributed by atoms with Crippen molar-refractivity contribution in [3.63, 3.8) is 0 Å². The van der Waals surface area contributed by atoms with Crippen molar-refractivity contribution >= 4 is 0 Å². The molecule has 1 aromatic rings. The SMILES string of the molecule is OC(CC(O)C(F)(F)F)c1ccccc1.[Yb]. The van der Waals surface area contributed by atoms with Crippen molar-refractivity contribution in [3.8, 4) is 0 Å². The van der Waals surface area contributed by atoms with E-state index in [1.165, 1.54) is 12.1 Å². The normalized spacial score (nSPS) is 15.1. The number of hydrogen-bond acceptors (Lipinski definition) is 2. The average molecular weight is 393 g/mol. The zero-order valence-corrected chi connectivity index (χ0v) is 9.76. The van der Waals surface area contributed by atoms with E-state index in [1.807, 2.05) is 0 Å². The Balaban J connectivity index is 0.00000225. The first-order chi connectivity index (χ1) is 6.91. The van der Waals surface area contributed by atoms with E-state index in [0.717, 1.165) is 0 Å². The quantitative estimate of drug-likeness (QED) is 0.826. The molecule has 0 aromatic heterocycles. The summed E-state index contributed by atoms with van der Waals surface area (Å²) in [5, 5.41) is 18.1. The number of hydrogen-bond donors (Lipinski definition) is 2. The Kier molecular flexibility index (Phi) is 7.21. The molecule has 0 aliphatic carbocycles. The van der Waals surface area contributed by atoms with Gasteiger partial charge < -0.3 is 10.2 Å². The van der Waals surface area contributed by atoms with E-state index in [9.17, 15) is 18.3 Å². The Morgan fingerprint density at radius 1 is 1.06 bits per heavy atom. The van der Waals surface area contributed by atoms with E-state index in [1.54, 1.807) is 18.2 Å². The van der Waals surface area contributed by atoms with Gasteiger partial charge in [-0.15, -0.1) is 0 Å². The maximum atomic E-state index is 12.0. The molecule has 0 aliphatic rings.